The third-order valence-corrected chi connectivity index (χ3v) is 2.43. The summed E-state index contributed by atoms with van der Waals surface area (Å²) in [5.74, 6) is -0.255. The Labute approximate surface area is 111 Å². The summed E-state index contributed by atoms with van der Waals surface area (Å²) >= 11 is 0. The molecule has 106 valence electrons. The van der Waals surface area contributed by atoms with E-state index < -0.39 is 11.9 Å². The highest BCUT2D eigenvalue weighted by atomic mass is 19.1. The quantitative estimate of drug-likeness (QED) is 0.450. The van der Waals surface area contributed by atoms with Crippen LogP contribution in [-0.2, 0) is 4.74 Å². The van der Waals surface area contributed by atoms with Gasteiger partial charge < -0.3 is 19.8 Å². The van der Waals surface area contributed by atoms with Crippen LogP contribution in [0.4, 0.5) is 4.39 Å². The molecule has 0 radical (unpaired) electrons. The fourth-order valence-corrected chi connectivity index (χ4v) is 1.46. The standard InChI is InChI=1S/C13H18FNO4/c1-3-18-7-11(16)8-19-13-6-10(14)4-5-12(13)9(2)15-17/h4-6,11,16-17H,3,7-8H2,1-2H3. The minimum atomic E-state index is -0.803. The van der Waals surface area contributed by atoms with Crippen molar-refractivity contribution in [3.05, 3.63) is 29.6 Å². The summed E-state index contributed by atoms with van der Waals surface area (Å²) < 4.78 is 23.5. The summed E-state index contributed by atoms with van der Waals surface area (Å²) in [6.45, 7) is 4.00. The monoisotopic (exact) mass is 271 g/mol. The van der Waals surface area contributed by atoms with Crippen LogP contribution in [0.3, 0.4) is 0 Å². The second-order valence-corrected chi connectivity index (χ2v) is 3.95. The molecule has 2 N–H and O–H groups in total. The highest BCUT2D eigenvalue weighted by molar-refractivity contribution is 6.00. The smallest absolute Gasteiger partial charge is 0.131 e. The van der Waals surface area contributed by atoms with Crippen molar-refractivity contribution < 1.29 is 24.2 Å². The van der Waals surface area contributed by atoms with Crippen molar-refractivity contribution in [2.45, 2.75) is 20.0 Å². The number of aliphatic hydroxyl groups is 1. The third kappa shape index (κ3) is 4.84. The zero-order chi connectivity index (χ0) is 14.3. The van der Waals surface area contributed by atoms with Gasteiger partial charge in [-0.2, -0.15) is 0 Å². The molecular weight excluding hydrogens is 253 g/mol. The first kappa shape index (κ1) is 15.4. The predicted molar refractivity (Wildman–Crippen MR) is 68.4 cm³/mol. The van der Waals surface area contributed by atoms with Gasteiger partial charge in [0.1, 0.15) is 24.3 Å². The van der Waals surface area contributed by atoms with Gasteiger partial charge in [-0.25, -0.2) is 4.39 Å². The Hall–Kier alpha value is -1.66. The highest BCUT2D eigenvalue weighted by Gasteiger charge is 2.11. The van der Waals surface area contributed by atoms with Gasteiger partial charge in [0.05, 0.1) is 12.3 Å². The molecule has 1 aromatic carbocycles. The number of ether oxygens (including phenoxy) is 2. The zero-order valence-corrected chi connectivity index (χ0v) is 11.0. The topological polar surface area (TPSA) is 71.3 Å². The van der Waals surface area contributed by atoms with Crippen LogP contribution < -0.4 is 4.74 Å². The number of nitrogens with zero attached hydrogens (tertiary/aromatic N) is 1. The maximum Gasteiger partial charge on any atom is 0.131 e. The van der Waals surface area contributed by atoms with Gasteiger partial charge in [0.15, 0.2) is 0 Å². The average Bonchev–Trinajstić information content (AvgIpc) is 2.42. The Kier molecular flexibility index (Phi) is 6.24. The van der Waals surface area contributed by atoms with Crippen molar-refractivity contribution in [2.24, 2.45) is 5.16 Å². The van der Waals surface area contributed by atoms with Crippen molar-refractivity contribution in [2.75, 3.05) is 19.8 Å². The summed E-state index contributed by atoms with van der Waals surface area (Å²) in [5.41, 5.74) is 0.766. The van der Waals surface area contributed by atoms with Crippen LogP contribution in [0.5, 0.6) is 5.75 Å². The molecule has 0 saturated carbocycles. The Morgan fingerprint density at radius 3 is 2.79 bits per heavy atom. The summed E-state index contributed by atoms with van der Waals surface area (Å²) in [5, 5.41) is 21.4. The summed E-state index contributed by atoms with van der Waals surface area (Å²) in [6.07, 6.45) is -0.803. The number of hydrogen-bond donors (Lipinski definition) is 2. The van der Waals surface area contributed by atoms with Gasteiger partial charge in [0.25, 0.3) is 0 Å². The van der Waals surface area contributed by atoms with E-state index in [0.717, 1.165) is 0 Å². The van der Waals surface area contributed by atoms with E-state index in [1.807, 2.05) is 6.92 Å². The first-order chi connectivity index (χ1) is 9.08. The molecule has 0 aliphatic carbocycles. The molecule has 0 aromatic heterocycles. The van der Waals surface area contributed by atoms with E-state index in [0.29, 0.717) is 17.9 Å². The van der Waals surface area contributed by atoms with Gasteiger partial charge >= 0.3 is 0 Å². The van der Waals surface area contributed by atoms with Gasteiger partial charge in [-0.05, 0) is 26.0 Å². The van der Waals surface area contributed by atoms with Crippen LogP contribution in [0.2, 0.25) is 0 Å². The minimum Gasteiger partial charge on any atom is -0.490 e. The van der Waals surface area contributed by atoms with Crippen LogP contribution in [-0.4, -0.2) is 42.0 Å². The summed E-state index contributed by atoms with van der Waals surface area (Å²) in [4.78, 5) is 0. The molecule has 5 nitrogen and oxygen atoms in total. The van der Waals surface area contributed by atoms with Crippen LogP contribution in [0.1, 0.15) is 19.4 Å². The Bertz CT molecular complexity index is 437. The zero-order valence-electron chi connectivity index (χ0n) is 11.0. The van der Waals surface area contributed by atoms with Crippen molar-refractivity contribution in [3.63, 3.8) is 0 Å². The largest absolute Gasteiger partial charge is 0.490 e. The number of halogens is 1. The lowest BCUT2D eigenvalue weighted by molar-refractivity contribution is 0.0163. The highest BCUT2D eigenvalue weighted by Crippen LogP contribution is 2.21. The Balaban J connectivity index is 2.73. The third-order valence-electron chi connectivity index (χ3n) is 2.43. The number of benzene rings is 1. The Morgan fingerprint density at radius 1 is 1.42 bits per heavy atom. The molecule has 1 unspecified atom stereocenters. The van der Waals surface area contributed by atoms with E-state index in [9.17, 15) is 9.50 Å². The fourth-order valence-electron chi connectivity index (χ4n) is 1.46. The molecule has 0 bridgehead atoms. The van der Waals surface area contributed by atoms with Crippen LogP contribution in [0, 0.1) is 5.82 Å². The van der Waals surface area contributed by atoms with E-state index in [1.54, 1.807) is 6.92 Å². The molecule has 0 saturated heterocycles. The first-order valence-corrected chi connectivity index (χ1v) is 5.95. The molecule has 0 fully saturated rings. The van der Waals surface area contributed by atoms with E-state index in [2.05, 4.69) is 5.16 Å². The Morgan fingerprint density at radius 2 is 2.16 bits per heavy atom. The molecule has 6 heteroatoms. The molecule has 0 amide bonds. The minimum absolute atomic E-state index is 0.0326. The predicted octanol–water partition coefficient (Wildman–Crippen LogP) is 1.80. The number of rotatable bonds is 7. The summed E-state index contributed by atoms with van der Waals surface area (Å²) in [6, 6.07) is 3.87. The number of aliphatic hydroxyl groups excluding tert-OH is 1. The van der Waals surface area contributed by atoms with Crippen molar-refractivity contribution in [1.82, 2.24) is 0 Å². The summed E-state index contributed by atoms with van der Waals surface area (Å²) in [7, 11) is 0. The van der Waals surface area contributed by atoms with Gasteiger partial charge in [-0.3, -0.25) is 0 Å². The lowest BCUT2D eigenvalue weighted by atomic mass is 10.1. The molecule has 0 aliphatic rings. The molecule has 0 heterocycles. The molecule has 1 aromatic rings. The lowest BCUT2D eigenvalue weighted by Gasteiger charge is -2.14. The van der Waals surface area contributed by atoms with Crippen molar-refractivity contribution in [3.8, 4) is 5.75 Å². The van der Waals surface area contributed by atoms with Gasteiger partial charge in [0.2, 0.25) is 0 Å². The average molecular weight is 271 g/mol. The fraction of sp³-hybridized carbons (Fsp3) is 0.462. The molecule has 0 spiro atoms. The van der Waals surface area contributed by atoms with Gasteiger partial charge in [-0.15, -0.1) is 0 Å². The number of hydrogen-bond acceptors (Lipinski definition) is 5. The van der Waals surface area contributed by atoms with Crippen LogP contribution in [0.25, 0.3) is 0 Å². The van der Waals surface area contributed by atoms with E-state index in [-0.39, 0.29) is 19.0 Å². The van der Waals surface area contributed by atoms with Crippen molar-refractivity contribution in [1.29, 1.82) is 0 Å². The van der Waals surface area contributed by atoms with Crippen LogP contribution >= 0.6 is 0 Å². The molecule has 1 atom stereocenters. The second-order valence-electron chi connectivity index (χ2n) is 3.95. The lowest BCUT2D eigenvalue weighted by Crippen LogP contribution is -2.24. The maximum absolute atomic E-state index is 13.2. The second kappa shape index (κ2) is 7.70. The van der Waals surface area contributed by atoms with Crippen LogP contribution in [0.15, 0.2) is 23.4 Å². The van der Waals surface area contributed by atoms with E-state index in [4.69, 9.17) is 14.7 Å². The van der Waals surface area contributed by atoms with Crippen molar-refractivity contribution >= 4 is 5.71 Å². The SMILES string of the molecule is CCOCC(O)COc1cc(F)ccc1C(C)=NO. The van der Waals surface area contributed by atoms with Gasteiger partial charge in [-0.1, -0.05) is 5.16 Å². The first-order valence-electron chi connectivity index (χ1n) is 5.95. The number of oxime groups is 1. The molecule has 1 rings (SSSR count). The maximum atomic E-state index is 13.2. The van der Waals surface area contributed by atoms with Gasteiger partial charge in [0, 0.05) is 18.2 Å². The molecule has 19 heavy (non-hydrogen) atoms. The van der Waals surface area contributed by atoms with E-state index >= 15 is 0 Å². The normalized spacial score (nSPS) is 13.4. The molecular formula is C13H18FNO4. The molecule has 0 aliphatic heterocycles. The van der Waals surface area contributed by atoms with E-state index in [1.165, 1.54) is 18.2 Å².